The van der Waals surface area contributed by atoms with Gasteiger partial charge in [0.15, 0.2) is 0 Å². The van der Waals surface area contributed by atoms with Crippen molar-refractivity contribution >= 4 is 12.4 Å². The Balaban J connectivity index is 0.00000210. The largest absolute Gasteiger partial charge is 0.494 e. The zero-order valence-corrected chi connectivity index (χ0v) is 15.9. The number of fused-ring (bicyclic) bond motifs is 1. The molecule has 1 atom stereocenters. The minimum Gasteiger partial charge on any atom is -0.494 e. The molecule has 1 unspecified atom stereocenters. The molecule has 2 N–H and O–H groups in total. The summed E-state index contributed by atoms with van der Waals surface area (Å²) in [6, 6.07) is 13.8. The average Bonchev–Trinajstić information content (AvgIpc) is 3.18. The van der Waals surface area contributed by atoms with Crippen LogP contribution in [-0.4, -0.2) is 23.4 Å². The Kier molecular flexibility index (Phi) is 5.98. The highest BCUT2D eigenvalue weighted by Gasteiger charge is 2.27. The minimum atomic E-state index is 0. The number of benzene rings is 2. The summed E-state index contributed by atoms with van der Waals surface area (Å²) in [5, 5.41) is 4.12. The third kappa shape index (κ3) is 4.07. The van der Waals surface area contributed by atoms with Crippen LogP contribution in [-0.2, 0) is 13.0 Å². The number of hydrogen-bond acceptors (Lipinski definition) is 6. The fourth-order valence-electron chi connectivity index (χ4n) is 3.09. The third-order valence-electron chi connectivity index (χ3n) is 4.49. The van der Waals surface area contributed by atoms with Gasteiger partial charge in [0, 0.05) is 12.1 Å². The van der Waals surface area contributed by atoms with Gasteiger partial charge in [0.05, 0.1) is 12.5 Å². The lowest BCUT2D eigenvalue weighted by Gasteiger charge is -2.23. The predicted molar refractivity (Wildman–Crippen MR) is 104 cm³/mol. The van der Waals surface area contributed by atoms with Gasteiger partial charge in [0.25, 0.3) is 0 Å². The molecule has 2 aromatic carbocycles. The minimum absolute atomic E-state index is 0. The standard InChI is InChI=1S/C20H21N3O3.ClH/c1-2-24-17-7-8-18-15(10-17)9-16(12-25-18)20-22-19(23-26-20)14-5-3-13(11-21)4-6-14;/h3-8,10,16H,2,9,11-12,21H2,1H3;1H. The maximum absolute atomic E-state index is 5.87. The van der Waals surface area contributed by atoms with Crippen molar-refractivity contribution in [2.45, 2.75) is 25.8 Å². The van der Waals surface area contributed by atoms with Crippen LogP contribution in [0.4, 0.5) is 0 Å². The summed E-state index contributed by atoms with van der Waals surface area (Å²) in [6.07, 6.45) is 0.782. The van der Waals surface area contributed by atoms with E-state index in [1.54, 1.807) is 0 Å². The zero-order chi connectivity index (χ0) is 17.9. The molecule has 2 heterocycles. The van der Waals surface area contributed by atoms with E-state index in [9.17, 15) is 0 Å². The van der Waals surface area contributed by atoms with Crippen LogP contribution in [0.25, 0.3) is 11.4 Å². The lowest BCUT2D eigenvalue weighted by molar-refractivity contribution is 0.229. The first-order chi connectivity index (χ1) is 12.8. The van der Waals surface area contributed by atoms with E-state index in [1.807, 2.05) is 49.4 Å². The highest BCUT2D eigenvalue weighted by Crippen LogP contribution is 2.34. The summed E-state index contributed by atoms with van der Waals surface area (Å²) in [6.45, 7) is 3.65. The Bertz CT molecular complexity index is 896. The van der Waals surface area contributed by atoms with Crippen molar-refractivity contribution in [3.63, 3.8) is 0 Å². The van der Waals surface area contributed by atoms with Crippen LogP contribution in [0.2, 0.25) is 0 Å². The number of hydrogen-bond donors (Lipinski definition) is 1. The van der Waals surface area contributed by atoms with E-state index < -0.39 is 0 Å². The van der Waals surface area contributed by atoms with Gasteiger partial charge in [-0.25, -0.2) is 0 Å². The SMILES string of the molecule is CCOc1ccc2c(c1)CC(c1nc(-c3ccc(CN)cc3)no1)CO2.Cl. The smallest absolute Gasteiger partial charge is 0.233 e. The van der Waals surface area contributed by atoms with E-state index in [2.05, 4.69) is 10.1 Å². The van der Waals surface area contributed by atoms with Crippen LogP contribution >= 0.6 is 12.4 Å². The highest BCUT2D eigenvalue weighted by atomic mass is 35.5. The fraction of sp³-hybridized carbons (Fsp3) is 0.300. The Morgan fingerprint density at radius 3 is 2.74 bits per heavy atom. The summed E-state index contributed by atoms with van der Waals surface area (Å²) in [5.41, 5.74) is 8.71. The van der Waals surface area contributed by atoms with Gasteiger partial charge in [-0.1, -0.05) is 29.4 Å². The molecular formula is C20H22ClN3O3. The van der Waals surface area contributed by atoms with Crippen molar-refractivity contribution in [1.82, 2.24) is 10.1 Å². The molecule has 7 heteroatoms. The van der Waals surface area contributed by atoms with Gasteiger partial charge < -0.3 is 19.7 Å². The lowest BCUT2D eigenvalue weighted by Crippen LogP contribution is -2.19. The van der Waals surface area contributed by atoms with Crippen LogP contribution in [0, 0.1) is 0 Å². The van der Waals surface area contributed by atoms with Crippen LogP contribution in [0.3, 0.4) is 0 Å². The van der Waals surface area contributed by atoms with Crippen LogP contribution in [0.5, 0.6) is 11.5 Å². The highest BCUT2D eigenvalue weighted by molar-refractivity contribution is 5.85. The number of halogens is 1. The Morgan fingerprint density at radius 2 is 2.00 bits per heavy atom. The molecule has 1 aliphatic rings. The van der Waals surface area contributed by atoms with Crippen molar-refractivity contribution in [2.24, 2.45) is 5.73 Å². The van der Waals surface area contributed by atoms with Crippen LogP contribution in [0.15, 0.2) is 47.0 Å². The number of nitrogens with two attached hydrogens (primary N) is 1. The molecule has 0 bridgehead atoms. The van der Waals surface area contributed by atoms with E-state index in [-0.39, 0.29) is 18.3 Å². The zero-order valence-electron chi connectivity index (χ0n) is 15.1. The Morgan fingerprint density at radius 1 is 1.19 bits per heavy atom. The molecule has 1 aliphatic heterocycles. The fourth-order valence-corrected chi connectivity index (χ4v) is 3.09. The molecule has 1 aromatic heterocycles. The first-order valence-electron chi connectivity index (χ1n) is 8.78. The second kappa shape index (κ2) is 8.41. The molecule has 0 saturated heterocycles. The summed E-state index contributed by atoms with van der Waals surface area (Å²) in [5.74, 6) is 2.94. The summed E-state index contributed by atoms with van der Waals surface area (Å²) >= 11 is 0. The molecule has 3 aromatic rings. The van der Waals surface area contributed by atoms with E-state index in [1.165, 1.54) is 0 Å². The van der Waals surface area contributed by atoms with Gasteiger partial charge in [-0.15, -0.1) is 12.4 Å². The molecule has 0 radical (unpaired) electrons. The topological polar surface area (TPSA) is 83.4 Å². The molecule has 27 heavy (non-hydrogen) atoms. The molecule has 0 saturated carbocycles. The summed E-state index contributed by atoms with van der Waals surface area (Å²) in [7, 11) is 0. The second-order valence-electron chi connectivity index (χ2n) is 6.27. The van der Waals surface area contributed by atoms with E-state index in [4.69, 9.17) is 19.7 Å². The van der Waals surface area contributed by atoms with Crippen molar-refractivity contribution in [2.75, 3.05) is 13.2 Å². The molecule has 142 valence electrons. The van der Waals surface area contributed by atoms with Gasteiger partial charge in [0.1, 0.15) is 18.1 Å². The summed E-state index contributed by atoms with van der Waals surface area (Å²) < 4.78 is 17.0. The monoisotopic (exact) mass is 387 g/mol. The Labute approximate surface area is 164 Å². The van der Waals surface area contributed by atoms with Crippen molar-refractivity contribution in [3.8, 4) is 22.9 Å². The number of nitrogens with zero attached hydrogens (tertiary/aromatic N) is 2. The molecule has 0 aliphatic carbocycles. The maximum atomic E-state index is 5.87. The average molecular weight is 388 g/mol. The first kappa shape index (κ1) is 19.2. The molecule has 4 rings (SSSR count). The molecule has 0 amide bonds. The third-order valence-corrected chi connectivity index (χ3v) is 4.49. The maximum Gasteiger partial charge on any atom is 0.233 e. The van der Waals surface area contributed by atoms with Crippen molar-refractivity contribution in [3.05, 3.63) is 59.5 Å². The first-order valence-corrected chi connectivity index (χ1v) is 8.78. The molecule has 0 spiro atoms. The normalized spacial score (nSPS) is 15.4. The van der Waals surface area contributed by atoms with Crippen LogP contribution < -0.4 is 15.2 Å². The lowest BCUT2D eigenvalue weighted by atomic mass is 9.96. The quantitative estimate of drug-likeness (QED) is 0.718. The van der Waals surface area contributed by atoms with Gasteiger partial charge in [-0.05, 0) is 42.7 Å². The van der Waals surface area contributed by atoms with E-state index in [0.29, 0.717) is 31.5 Å². The number of rotatable bonds is 5. The Hall–Kier alpha value is -2.57. The van der Waals surface area contributed by atoms with E-state index in [0.717, 1.165) is 34.6 Å². The van der Waals surface area contributed by atoms with Gasteiger partial charge in [-0.2, -0.15) is 4.98 Å². The molecule has 6 nitrogen and oxygen atoms in total. The predicted octanol–water partition coefficient (Wildman–Crippen LogP) is 3.73. The second-order valence-corrected chi connectivity index (χ2v) is 6.27. The van der Waals surface area contributed by atoms with Gasteiger partial charge in [0.2, 0.25) is 11.7 Å². The molecule has 0 fully saturated rings. The van der Waals surface area contributed by atoms with Crippen molar-refractivity contribution in [1.29, 1.82) is 0 Å². The summed E-state index contributed by atoms with van der Waals surface area (Å²) in [4.78, 5) is 4.57. The van der Waals surface area contributed by atoms with Gasteiger partial charge >= 0.3 is 0 Å². The number of ether oxygens (including phenoxy) is 2. The van der Waals surface area contributed by atoms with Crippen LogP contribution in [0.1, 0.15) is 29.9 Å². The van der Waals surface area contributed by atoms with Gasteiger partial charge in [-0.3, -0.25) is 0 Å². The molecular weight excluding hydrogens is 366 g/mol. The van der Waals surface area contributed by atoms with E-state index >= 15 is 0 Å². The van der Waals surface area contributed by atoms with Crippen molar-refractivity contribution < 1.29 is 14.0 Å². The number of aromatic nitrogens is 2.